The van der Waals surface area contributed by atoms with E-state index in [1.165, 1.54) is 16.7 Å². The zero-order valence-electron chi connectivity index (χ0n) is 19.8. The molecule has 4 rings (SSSR count). The van der Waals surface area contributed by atoms with E-state index in [2.05, 4.69) is 13.5 Å². The van der Waals surface area contributed by atoms with Crippen LogP contribution in [0.4, 0.5) is 0 Å². The fourth-order valence-corrected chi connectivity index (χ4v) is 8.57. The van der Waals surface area contributed by atoms with Crippen molar-refractivity contribution in [2.75, 3.05) is 13.2 Å². The number of carbonyl (C=O) groups is 3. The molecule has 7 nitrogen and oxygen atoms in total. The first-order valence-electron chi connectivity index (χ1n) is 12.1. The number of carboxylic acids is 1. The molecule has 1 spiro atoms. The molecule has 184 valence electrons. The number of hydrogen-bond acceptors (Lipinski definition) is 5. The second-order valence-electron chi connectivity index (χ2n) is 9.67. The molecule has 0 saturated carbocycles. The Balaban J connectivity index is 1.84. The molecule has 2 bridgehead atoms. The summed E-state index contributed by atoms with van der Waals surface area (Å²) in [7, 11) is 0. The minimum Gasteiger partial charge on any atom is -0.481 e. The van der Waals surface area contributed by atoms with Gasteiger partial charge in [-0.25, -0.2) is 0 Å². The Hall–Kier alpha value is -2.32. The van der Waals surface area contributed by atoms with Gasteiger partial charge < -0.3 is 20.0 Å². The average Bonchev–Trinajstić information content (AvgIpc) is 3.46. The van der Waals surface area contributed by atoms with Crippen molar-refractivity contribution in [2.45, 2.75) is 67.7 Å². The smallest absolute Gasteiger partial charge is 0.308 e. The van der Waals surface area contributed by atoms with E-state index in [1.807, 2.05) is 37.3 Å². The molecule has 3 fully saturated rings. The first kappa shape index (κ1) is 24.8. The highest BCUT2D eigenvalue weighted by Gasteiger charge is 2.74. The Kier molecular flexibility index (Phi) is 7.10. The maximum Gasteiger partial charge on any atom is 0.308 e. The minimum atomic E-state index is -0.979. The number of aliphatic carboxylic acids is 1. The number of amides is 2. The monoisotopic (exact) mass is 486 g/mol. The van der Waals surface area contributed by atoms with Crippen molar-refractivity contribution in [3.63, 3.8) is 0 Å². The third kappa shape index (κ3) is 3.75. The fraction of sp³-hybridized carbons (Fsp3) is 0.577. The third-order valence-electron chi connectivity index (χ3n) is 7.80. The number of aliphatic hydroxyl groups excluding tert-OH is 1. The van der Waals surface area contributed by atoms with Crippen molar-refractivity contribution in [3.8, 4) is 0 Å². The van der Waals surface area contributed by atoms with Gasteiger partial charge >= 0.3 is 5.97 Å². The average molecular weight is 487 g/mol. The number of aliphatic hydroxyl groups is 1. The summed E-state index contributed by atoms with van der Waals surface area (Å²) in [6.45, 7) is 7.91. The van der Waals surface area contributed by atoms with E-state index in [-0.39, 0.29) is 29.7 Å². The molecule has 3 aliphatic rings. The summed E-state index contributed by atoms with van der Waals surface area (Å²) >= 11 is 1.52. The van der Waals surface area contributed by atoms with Crippen LogP contribution in [0.1, 0.15) is 51.1 Å². The molecule has 3 unspecified atom stereocenters. The molecule has 34 heavy (non-hydrogen) atoms. The number of fused-ring (bicyclic) bond motifs is 1. The van der Waals surface area contributed by atoms with Gasteiger partial charge in [0.15, 0.2) is 0 Å². The van der Waals surface area contributed by atoms with E-state index in [1.54, 1.807) is 11.0 Å². The molecule has 0 aliphatic carbocycles. The van der Waals surface area contributed by atoms with Crippen molar-refractivity contribution in [3.05, 3.63) is 48.6 Å². The molecule has 8 heteroatoms. The minimum absolute atomic E-state index is 0.0499. The Morgan fingerprint density at radius 1 is 1.35 bits per heavy atom. The molecule has 7 atom stereocenters. The Morgan fingerprint density at radius 2 is 2.06 bits per heavy atom. The lowest BCUT2D eigenvalue weighted by atomic mass is 9.71. The molecule has 3 aliphatic heterocycles. The number of carboxylic acid groups (broad SMARTS) is 1. The number of rotatable bonds is 10. The van der Waals surface area contributed by atoms with Crippen LogP contribution in [-0.4, -0.2) is 73.0 Å². The van der Waals surface area contributed by atoms with Crippen molar-refractivity contribution in [1.82, 2.24) is 9.80 Å². The van der Waals surface area contributed by atoms with Gasteiger partial charge in [-0.1, -0.05) is 49.8 Å². The number of benzene rings is 1. The SMILES string of the molecule is C=CCN(C(=O)C1N([C@H](CO)c2ccccc2)C(=O)[C@@H]2[C@@H](C(=O)O)[C@H]3CCC12S3)C(C)CCC. The largest absolute Gasteiger partial charge is 0.481 e. The van der Waals surface area contributed by atoms with Crippen LogP contribution in [0.25, 0.3) is 0 Å². The normalized spacial score (nSPS) is 31.3. The van der Waals surface area contributed by atoms with Crippen LogP contribution in [0.5, 0.6) is 0 Å². The lowest BCUT2D eigenvalue weighted by molar-refractivity contribution is -0.150. The maximum atomic E-state index is 14.3. The Morgan fingerprint density at radius 3 is 2.65 bits per heavy atom. The topological polar surface area (TPSA) is 98.2 Å². The van der Waals surface area contributed by atoms with Crippen LogP contribution in [0.3, 0.4) is 0 Å². The number of carbonyl (C=O) groups excluding carboxylic acids is 2. The van der Waals surface area contributed by atoms with E-state index in [0.717, 1.165) is 18.4 Å². The van der Waals surface area contributed by atoms with Crippen LogP contribution < -0.4 is 0 Å². The van der Waals surface area contributed by atoms with E-state index in [4.69, 9.17) is 0 Å². The molecule has 3 heterocycles. The van der Waals surface area contributed by atoms with Gasteiger partial charge in [0, 0.05) is 17.8 Å². The maximum absolute atomic E-state index is 14.3. The predicted molar refractivity (Wildman–Crippen MR) is 131 cm³/mol. The predicted octanol–water partition coefficient (Wildman–Crippen LogP) is 3.10. The Bertz CT molecular complexity index is 956. The van der Waals surface area contributed by atoms with Gasteiger partial charge in [-0.3, -0.25) is 14.4 Å². The molecule has 3 saturated heterocycles. The summed E-state index contributed by atoms with van der Waals surface area (Å²) in [6, 6.07) is 7.60. The van der Waals surface area contributed by atoms with Gasteiger partial charge in [-0.05, 0) is 31.7 Å². The fourth-order valence-electron chi connectivity index (χ4n) is 6.37. The van der Waals surface area contributed by atoms with E-state index in [0.29, 0.717) is 19.4 Å². The molecule has 0 aromatic heterocycles. The lowest BCUT2D eigenvalue weighted by Gasteiger charge is -2.41. The molecule has 2 amide bonds. The first-order chi connectivity index (χ1) is 16.3. The number of thioether (sulfide) groups is 1. The van der Waals surface area contributed by atoms with Crippen molar-refractivity contribution < 1.29 is 24.6 Å². The number of likely N-dealkylation sites (tertiary alicyclic amines) is 1. The zero-order valence-corrected chi connectivity index (χ0v) is 20.6. The molecule has 2 N–H and O–H groups in total. The summed E-state index contributed by atoms with van der Waals surface area (Å²) in [6.07, 6.45) is 4.70. The highest BCUT2D eigenvalue weighted by molar-refractivity contribution is 8.02. The second-order valence-corrected chi connectivity index (χ2v) is 11.3. The molecule has 1 aromatic carbocycles. The molecular formula is C26H34N2O5S. The van der Waals surface area contributed by atoms with Gasteiger partial charge in [0.25, 0.3) is 0 Å². The van der Waals surface area contributed by atoms with Gasteiger partial charge in [0.1, 0.15) is 6.04 Å². The van der Waals surface area contributed by atoms with Crippen LogP contribution in [0.15, 0.2) is 43.0 Å². The van der Waals surface area contributed by atoms with Crippen LogP contribution in [-0.2, 0) is 14.4 Å². The summed E-state index contributed by atoms with van der Waals surface area (Å²) in [4.78, 5) is 43.9. The van der Waals surface area contributed by atoms with Gasteiger partial charge in [0.05, 0.1) is 29.2 Å². The van der Waals surface area contributed by atoms with Crippen LogP contribution in [0.2, 0.25) is 0 Å². The van der Waals surface area contributed by atoms with Crippen molar-refractivity contribution >= 4 is 29.5 Å². The summed E-state index contributed by atoms with van der Waals surface area (Å²) in [5, 5.41) is 20.3. The highest BCUT2D eigenvalue weighted by atomic mass is 32.2. The third-order valence-corrected chi connectivity index (χ3v) is 9.75. The van der Waals surface area contributed by atoms with Crippen LogP contribution >= 0.6 is 11.8 Å². The zero-order chi connectivity index (χ0) is 24.6. The second kappa shape index (κ2) is 9.74. The summed E-state index contributed by atoms with van der Waals surface area (Å²) in [5.41, 5.74) is 0.732. The summed E-state index contributed by atoms with van der Waals surface area (Å²) < 4.78 is -0.796. The molecular weight excluding hydrogens is 452 g/mol. The first-order valence-corrected chi connectivity index (χ1v) is 13.0. The van der Waals surface area contributed by atoms with E-state index in [9.17, 15) is 24.6 Å². The van der Waals surface area contributed by atoms with Gasteiger partial charge in [-0.15, -0.1) is 18.3 Å². The number of nitrogens with zero attached hydrogens (tertiary/aromatic N) is 2. The van der Waals surface area contributed by atoms with Crippen molar-refractivity contribution in [1.29, 1.82) is 0 Å². The molecule has 0 radical (unpaired) electrons. The quantitative estimate of drug-likeness (QED) is 0.493. The standard InChI is InChI=1S/C26H34N2O5S/c1-4-9-16(3)27(14-5-2)24(31)22-26-13-12-19(34-26)20(25(32)33)21(26)23(30)28(22)18(15-29)17-10-7-6-8-11-17/h5-8,10-11,16,18-22,29H,2,4,9,12-15H2,1,3H3,(H,32,33)/t16?,18-,19-,20+,21+,22?,26?/m1/s1. The van der Waals surface area contributed by atoms with E-state index < -0.39 is 34.6 Å². The van der Waals surface area contributed by atoms with Gasteiger partial charge in [0.2, 0.25) is 11.8 Å². The lowest BCUT2D eigenvalue weighted by Crippen LogP contribution is -2.57. The Labute approximate surface area is 205 Å². The molecule has 1 aromatic rings. The van der Waals surface area contributed by atoms with E-state index >= 15 is 0 Å². The van der Waals surface area contributed by atoms with Gasteiger partial charge in [-0.2, -0.15) is 0 Å². The summed E-state index contributed by atoms with van der Waals surface area (Å²) in [5.74, 6) is -3.07. The van der Waals surface area contributed by atoms with Crippen LogP contribution in [0, 0.1) is 11.8 Å². The highest BCUT2D eigenvalue weighted by Crippen LogP contribution is 2.67. The number of hydrogen-bond donors (Lipinski definition) is 2. The van der Waals surface area contributed by atoms with Crippen molar-refractivity contribution in [2.24, 2.45) is 11.8 Å².